The van der Waals surface area contributed by atoms with E-state index in [1.165, 1.54) is 5.57 Å². The van der Waals surface area contributed by atoms with Gasteiger partial charge in [0.05, 0.1) is 12.8 Å². The smallest absolute Gasteiger partial charge is 0.258 e. The van der Waals surface area contributed by atoms with Crippen LogP contribution >= 0.6 is 0 Å². The quantitative estimate of drug-likeness (QED) is 0.707. The normalized spacial score (nSPS) is 16.6. The van der Waals surface area contributed by atoms with Crippen LogP contribution in [-0.4, -0.2) is 24.5 Å². The molecule has 1 aliphatic heterocycles. The molecule has 0 atom stereocenters. The summed E-state index contributed by atoms with van der Waals surface area (Å²) in [6.45, 7) is 11.8. The van der Waals surface area contributed by atoms with Gasteiger partial charge >= 0.3 is 0 Å². The summed E-state index contributed by atoms with van der Waals surface area (Å²) in [6.07, 6.45) is 0. The Kier molecular flexibility index (Phi) is 4.90. The Morgan fingerprint density at radius 1 is 1.04 bits per heavy atom. The van der Waals surface area contributed by atoms with Crippen molar-refractivity contribution in [2.75, 3.05) is 13.7 Å². The number of hydrogen-bond acceptors (Lipinski definition) is 2. The summed E-state index contributed by atoms with van der Waals surface area (Å²) in [4.78, 5) is 15.4. The van der Waals surface area contributed by atoms with Crippen molar-refractivity contribution in [1.29, 1.82) is 0 Å². The fourth-order valence-electron chi connectivity index (χ4n) is 4.36. The monoisotopic (exact) mass is 363 g/mol. The first-order chi connectivity index (χ1) is 12.6. The molecule has 27 heavy (non-hydrogen) atoms. The second kappa shape index (κ2) is 6.88. The number of ether oxygens (including phenoxy) is 1. The van der Waals surface area contributed by atoms with Gasteiger partial charge in [0.25, 0.3) is 5.91 Å². The van der Waals surface area contributed by atoms with Crippen LogP contribution in [0, 0.1) is 10.8 Å². The number of nitrogens with zero attached hydrogens (tertiary/aromatic N) is 1. The summed E-state index contributed by atoms with van der Waals surface area (Å²) in [6, 6.07) is 17.5. The van der Waals surface area contributed by atoms with Crippen LogP contribution in [0.1, 0.15) is 50.5 Å². The molecule has 0 N–H and O–H groups in total. The number of benzene rings is 2. The Bertz CT molecular complexity index is 873. The van der Waals surface area contributed by atoms with Crippen LogP contribution < -0.4 is 4.74 Å². The minimum absolute atomic E-state index is 0.0424. The average Bonchev–Trinajstić information content (AvgIpc) is 2.93. The van der Waals surface area contributed by atoms with Gasteiger partial charge in [0, 0.05) is 23.1 Å². The van der Waals surface area contributed by atoms with E-state index in [1.807, 2.05) is 53.4 Å². The van der Waals surface area contributed by atoms with Crippen LogP contribution in [0.15, 0.2) is 60.2 Å². The summed E-state index contributed by atoms with van der Waals surface area (Å²) in [5.41, 5.74) is 3.88. The molecule has 0 radical (unpaired) electrons. The molecule has 0 bridgehead atoms. The predicted molar refractivity (Wildman–Crippen MR) is 111 cm³/mol. The van der Waals surface area contributed by atoms with Gasteiger partial charge in [-0.25, -0.2) is 0 Å². The number of amides is 1. The van der Waals surface area contributed by atoms with E-state index in [9.17, 15) is 4.79 Å². The van der Waals surface area contributed by atoms with Gasteiger partial charge in [-0.05, 0) is 35.3 Å². The summed E-state index contributed by atoms with van der Waals surface area (Å²) < 4.78 is 5.44. The van der Waals surface area contributed by atoms with Gasteiger partial charge in [-0.2, -0.15) is 0 Å². The van der Waals surface area contributed by atoms with Crippen molar-refractivity contribution < 1.29 is 9.53 Å². The highest BCUT2D eigenvalue weighted by atomic mass is 16.5. The molecular formula is C24H29NO2. The third-order valence-electron chi connectivity index (χ3n) is 5.10. The molecule has 1 heterocycles. The second-order valence-electron chi connectivity index (χ2n) is 8.85. The summed E-state index contributed by atoms with van der Waals surface area (Å²) in [5, 5.41) is 0. The first kappa shape index (κ1) is 19.2. The van der Waals surface area contributed by atoms with Crippen molar-refractivity contribution in [3.05, 3.63) is 71.3 Å². The van der Waals surface area contributed by atoms with Gasteiger partial charge in [0.2, 0.25) is 0 Å². The highest BCUT2D eigenvalue weighted by Crippen LogP contribution is 2.51. The van der Waals surface area contributed by atoms with E-state index in [1.54, 1.807) is 7.11 Å². The molecule has 0 spiro atoms. The third-order valence-corrected chi connectivity index (χ3v) is 5.10. The largest absolute Gasteiger partial charge is 0.497 e. The Hall–Kier alpha value is -2.55. The number of methoxy groups -OCH3 is 1. The first-order valence-corrected chi connectivity index (χ1v) is 9.42. The van der Waals surface area contributed by atoms with Crippen LogP contribution in [0.25, 0.3) is 5.70 Å². The fourth-order valence-corrected chi connectivity index (χ4v) is 4.36. The lowest BCUT2D eigenvalue weighted by molar-refractivity contribution is 0.0821. The van der Waals surface area contributed by atoms with Crippen LogP contribution in [-0.2, 0) is 0 Å². The predicted octanol–water partition coefficient (Wildman–Crippen LogP) is 5.63. The zero-order chi connectivity index (χ0) is 19.8. The van der Waals surface area contributed by atoms with Gasteiger partial charge in [0.15, 0.2) is 0 Å². The van der Waals surface area contributed by atoms with Crippen LogP contribution in [0.2, 0.25) is 0 Å². The van der Waals surface area contributed by atoms with E-state index < -0.39 is 0 Å². The van der Waals surface area contributed by atoms with Crippen molar-refractivity contribution in [1.82, 2.24) is 4.90 Å². The number of carbonyl (C=O) groups excluding carboxylic acids is 1. The molecule has 142 valence electrons. The highest BCUT2D eigenvalue weighted by Gasteiger charge is 2.45. The van der Waals surface area contributed by atoms with Crippen molar-refractivity contribution >= 4 is 11.6 Å². The summed E-state index contributed by atoms with van der Waals surface area (Å²) in [5.74, 6) is 0.839. The molecule has 0 saturated carbocycles. The van der Waals surface area contributed by atoms with Gasteiger partial charge in [0.1, 0.15) is 5.75 Å². The van der Waals surface area contributed by atoms with E-state index >= 15 is 0 Å². The van der Waals surface area contributed by atoms with Gasteiger partial charge in [-0.15, -0.1) is 0 Å². The van der Waals surface area contributed by atoms with Crippen LogP contribution in [0.3, 0.4) is 0 Å². The van der Waals surface area contributed by atoms with E-state index in [0.29, 0.717) is 12.1 Å². The van der Waals surface area contributed by atoms with E-state index in [0.717, 1.165) is 17.0 Å². The third kappa shape index (κ3) is 3.64. The minimum atomic E-state index is -0.110. The lowest BCUT2D eigenvalue weighted by Crippen LogP contribution is -2.32. The Labute approximate surface area is 162 Å². The molecule has 0 unspecified atom stereocenters. The van der Waals surface area contributed by atoms with Gasteiger partial charge in [-0.1, -0.05) is 65.0 Å². The Morgan fingerprint density at radius 3 is 2.30 bits per heavy atom. The lowest BCUT2D eigenvalue weighted by atomic mass is 9.71. The number of hydrogen-bond donors (Lipinski definition) is 0. The first-order valence-electron chi connectivity index (χ1n) is 9.42. The second-order valence-corrected chi connectivity index (χ2v) is 8.85. The molecule has 3 nitrogen and oxygen atoms in total. The highest BCUT2D eigenvalue weighted by molar-refractivity contribution is 6.01. The van der Waals surface area contributed by atoms with Crippen molar-refractivity contribution in [2.24, 2.45) is 10.8 Å². The molecule has 1 amide bonds. The maximum absolute atomic E-state index is 13.4. The van der Waals surface area contributed by atoms with Crippen molar-refractivity contribution in [3.63, 3.8) is 0 Å². The van der Waals surface area contributed by atoms with Crippen molar-refractivity contribution in [3.8, 4) is 5.75 Å². The SMILES string of the molecule is COc1cccc(C2=C(C(C)(C)C)C(C)(C)CN2C(=O)c2ccccc2)c1. The maximum atomic E-state index is 13.4. The Morgan fingerprint density at radius 2 is 1.70 bits per heavy atom. The van der Waals surface area contributed by atoms with E-state index in [2.05, 4.69) is 40.7 Å². The standard InChI is InChI=1S/C24H29NO2/c1-23(2,3)21-20(18-13-10-14-19(15-18)27-6)25(16-24(21,4)5)22(26)17-11-8-7-9-12-17/h7-15H,16H2,1-6H3. The van der Waals surface area contributed by atoms with Crippen LogP contribution in [0.4, 0.5) is 0 Å². The number of carbonyl (C=O) groups is 1. The lowest BCUT2D eigenvalue weighted by Gasteiger charge is -2.32. The maximum Gasteiger partial charge on any atom is 0.258 e. The molecule has 3 heteroatoms. The molecule has 2 aromatic carbocycles. The Balaban J connectivity index is 2.22. The molecule has 0 fully saturated rings. The molecule has 2 aromatic rings. The topological polar surface area (TPSA) is 29.5 Å². The zero-order valence-electron chi connectivity index (χ0n) is 17.2. The molecule has 0 aliphatic carbocycles. The summed E-state index contributed by atoms with van der Waals surface area (Å²) in [7, 11) is 1.67. The van der Waals surface area contributed by atoms with E-state index in [-0.39, 0.29) is 16.7 Å². The zero-order valence-corrected chi connectivity index (χ0v) is 17.2. The number of rotatable bonds is 3. The molecule has 0 saturated heterocycles. The molecular weight excluding hydrogens is 334 g/mol. The van der Waals surface area contributed by atoms with Gasteiger partial charge < -0.3 is 9.64 Å². The average molecular weight is 364 g/mol. The van der Waals surface area contributed by atoms with E-state index in [4.69, 9.17) is 4.74 Å². The minimum Gasteiger partial charge on any atom is -0.497 e. The van der Waals surface area contributed by atoms with Crippen molar-refractivity contribution in [2.45, 2.75) is 34.6 Å². The van der Waals surface area contributed by atoms with Crippen LogP contribution in [0.5, 0.6) is 5.75 Å². The molecule has 3 rings (SSSR count). The summed E-state index contributed by atoms with van der Waals surface area (Å²) >= 11 is 0. The molecule has 1 aliphatic rings. The fraction of sp³-hybridized carbons (Fsp3) is 0.375. The van der Waals surface area contributed by atoms with Gasteiger partial charge in [-0.3, -0.25) is 4.79 Å². The molecule has 0 aromatic heterocycles.